The van der Waals surface area contributed by atoms with Gasteiger partial charge in [-0.2, -0.15) is 8.42 Å². The van der Waals surface area contributed by atoms with Crippen molar-refractivity contribution in [2.45, 2.75) is 179 Å². The number of aliphatic hydroxyl groups excluding tert-OH is 1. The molecule has 18 heteroatoms. The summed E-state index contributed by atoms with van der Waals surface area (Å²) in [6.07, 6.45) is 13.1. The van der Waals surface area contributed by atoms with Gasteiger partial charge in [-0.25, -0.2) is 4.79 Å². The Labute approximate surface area is 319 Å². The molecule has 0 aliphatic carbocycles. The molecule has 1 heterocycles. The largest absolute Gasteiger partial charge is 0.481 e. The zero-order chi connectivity index (χ0) is 40.4. The minimum Gasteiger partial charge on any atom is -0.481 e. The summed E-state index contributed by atoms with van der Waals surface area (Å²) in [7, 11) is -4.70. The lowest BCUT2D eigenvalue weighted by Crippen LogP contribution is -2.54. The molecule has 0 aromatic rings. The number of ether oxygens (including phenoxy) is 1. The number of nitrogens with one attached hydrogen (secondary N) is 4. The van der Waals surface area contributed by atoms with E-state index < -0.39 is 76.1 Å². The number of rotatable bonds is 34. The van der Waals surface area contributed by atoms with Crippen molar-refractivity contribution in [2.24, 2.45) is 0 Å². The van der Waals surface area contributed by atoms with E-state index in [0.29, 0.717) is 32.2 Å². The second-order valence-corrected chi connectivity index (χ2v) is 15.5. The van der Waals surface area contributed by atoms with Crippen molar-refractivity contribution >= 4 is 45.7 Å². The molecular weight excluding hydrogens is 728 g/mol. The molecule has 1 saturated heterocycles. The van der Waals surface area contributed by atoms with E-state index >= 15 is 0 Å². The molecule has 0 aromatic carbocycles. The van der Waals surface area contributed by atoms with E-state index in [9.17, 15) is 52.0 Å². The molecular formula is C36H64N4O13S. The number of amides is 4. The Kier molecular flexibility index (Phi) is 25.3. The minimum absolute atomic E-state index is 0.0394. The highest BCUT2D eigenvalue weighted by Crippen LogP contribution is 2.25. The van der Waals surface area contributed by atoms with Gasteiger partial charge in [0.1, 0.15) is 23.9 Å². The maximum atomic E-state index is 13.1. The molecule has 0 saturated carbocycles. The van der Waals surface area contributed by atoms with Crippen LogP contribution in [-0.4, -0.2) is 107 Å². The van der Waals surface area contributed by atoms with Gasteiger partial charge in [0.15, 0.2) is 6.29 Å². The van der Waals surface area contributed by atoms with E-state index in [1.165, 1.54) is 19.3 Å². The Morgan fingerprint density at radius 1 is 0.630 bits per heavy atom. The Morgan fingerprint density at radius 3 is 1.57 bits per heavy atom. The lowest BCUT2D eigenvalue weighted by molar-refractivity contribution is -0.142. The second kappa shape index (κ2) is 28.1. The first-order valence-electron chi connectivity index (χ1n) is 19.5. The first-order chi connectivity index (χ1) is 25.6. The summed E-state index contributed by atoms with van der Waals surface area (Å²) < 4.78 is 37.9. The van der Waals surface area contributed by atoms with Crippen LogP contribution < -0.4 is 21.3 Å². The number of carboxylic acid groups (broad SMARTS) is 2. The summed E-state index contributed by atoms with van der Waals surface area (Å²) in [6.45, 7) is 2.09. The van der Waals surface area contributed by atoms with Crippen LogP contribution in [0.2, 0.25) is 0 Å². The van der Waals surface area contributed by atoms with E-state index in [0.717, 1.165) is 64.2 Å². The van der Waals surface area contributed by atoms with Crippen molar-refractivity contribution in [3.05, 3.63) is 0 Å². The third kappa shape index (κ3) is 25.6. The third-order valence-corrected chi connectivity index (χ3v) is 9.93. The summed E-state index contributed by atoms with van der Waals surface area (Å²) in [5.41, 5.74) is 0. The highest BCUT2D eigenvalue weighted by Gasteiger charge is 2.45. The normalized spacial score (nSPS) is 16.8. The molecule has 1 aliphatic heterocycles. The molecule has 1 aliphatic rings. The number of aliphatic carboxylic acids is 2. The van der Waals surface area contributed by atoms with Crippen molar-refractivity contribution < 1.29 is 61.8 Å². The highest BCUT2D eigenvalue weighted by atomic mass is 32.2. The summed E-state index contributed by atoms with van der Waals surface area (Å²) in [5, 5.41) is 38.0. The minimum atomic E-state index is -4.70. The lowest BCUT2D eigenvalue weighted by Gasteiger charge is -2.22. The molecule has 5 unspecified atom stereocenters. The SMILES string of the molecule is CCC(=O)NCCCCC(NC(=O)CCC(NC(=O)C(CS(=O)(=O)O)NC(=O)CCCCCCCCCCCCCCCCC(=O)O)C1OC1O)C(=O)O. The maximum Gasteiger partial charge on any atom is 0.326 e. The molecule has 0 bridgehead atoms. The number of carbonyl (C=O) groups is 6. The predicted octanol–water partition coefficient (Wildman–Crippen LogP) is 2.93. The van der Waals surface area contributed by atoms with E-state index in [4.69, 9.17) is 9.84 Å². The van der Waals surface area contributed by atoms with Gasteiger partial charge in [-0.15, -0.1) is 0 Å². The first-order valence-corrected chi connectivity index (χ1v) is 21.1. The Balaban J connectivity index is 2.43. The smallest absolute Gasteiger partial charge is 0.326 e. The van der Waals surface area contributed by atoms with Crippen molar-refractivity contribution in [1.82, 2.24) is 21.3 Å². The van der Waals surface area contributed by atoms with Crippen LogP contribution in [0.4, 0.5) is 0 Å². The molecule has 17 nitrogen and oxygen atoms in total. The van der Waals surface area contributed by atoms with Crippen LogP contribution in [0.5, 0.6) is 0 Å². The van der Waals surface area contributed by atoms with Crippen LogP contribution in [-0.2, 0) is 43.6 Å². The molecule has 1 fully saturated rings. The lowest BCUT2D eigenvalue weighted by atomic mass is 10.0. The van der Waals surface area contributed by atoms with Gasteiger partial charge < -0.3 is 41.3 Å². The summed E-state index contributed by atoms with van der Waals surface area (Å²) in [5.74, 6) is -5.39. The van der Waals surface area contributed by atoms with E-state index in [2.05, 4.69) is 21.3 Å². The van der Waals surface area contributed by atoms with Gasteiger partial charge in [-0.3, -0.25) is 28.5 Å². The Bertz CT molecular complexity index is 1270. The van der Waals surface area contributed by atoms with Gasteiger partial charge in [-0.1, -0.05) is 84.0 Å². The molecule has 1 rings (SSSR count). The number of carbonyl (C=O) groups excluding carboxylic acids is 4. The number of hydrogen-bond donors (Lipinski definition) is 8. The topological polar surface area (TPSA) is 278 Å². The average molecular weight is 793 g/mol. The fourth-order valence-corrected chi connectivity index (χ4v) is 6.65. The van der Waals surface area contributed by atoms with Crippen LogP contribution in [0.3, 0.4) is 0 Å². The summed E-state index contributed by atoms with van der Waals surface area (Å²) >= 11 is 0. The summed E-state index contributed by atoms with van der Waals surface area (Å²) in [4.78, 5) is 71.9. The molecule has 312 valence electrons. The monoisotopic (exact) mass is 792 g/mol. The zero-order valence-corrected chi connectivity index (χ0v) is 32.5. The molecule has 54 heavy (non-hydrogen) atoms. The van der Waals surface area contributed by atoms with Crippen molar-refractivity contribution in [3.8, 4) is 0 Å². The van der Waals surface area contributed by atoms with Crippen LogP contribution >= 0.6 is 0 Å². The number of hydrogen-bond acceptors (Lipinski definition) is 10. The Hall–Kier alpha value is -3.35. The van der Waals surface area contributed by atoms with Crippen LogP contribution in [0.15, 0.2) is 0 Å². The van der Waals surface area contributed by atoms with E-state index in [-0.39, 0.29) is 38.0 Å². The number of epoxide rings is 1. The van der Waals surface area contributed by atoms with Crippen molar-refractivity contribution in [1.29, 1.82) is 0 Å². The van der Waals surface area contributed by atoms with Crippen LogP contribution in [0, 0.1) is 0 Å². The number of aliphatic hydroxyl groups is 1. The van der Waals surface area contributed by atoms with Gasteiger partial charge >= 0.3 is 11.9 Å². The van der Waals surface area contributed by atoms with Crippen molar-refractivity contribution in [3.63, 3.8) is 0 Å². The van der Waals surface area contributed by atoms with Gasteiger partial charge in [0.05, 0.1) is 6.04 Å². The molecule has 4 amide bonds. The standard InChI is InChI=1S/C36H64N4O13S/c1-2-29(41)37-24-18-17-19-27(35(47)48)38-31(43)23-22-26(33-36(49)53-33)40-34(46)28(25-54(50,51)52)39-30(42)20-15-13-11-9-7-5-3-4-6-8-10-12-14-16-21-32(44)45/h26-28,33,36,49H,2-25H2,1H3,(H,37,41)(H,38,43)(H,39,42)(H,40,46)(H,44,45)(H,47,48)(H,50,51,52). The van der Waals surface area contributed by atoms with Crippen LogP contribution in [0.1, 0.15) is 148 Å². The molecule has 0 radical (unpaired) electrons. The summed E-state index contributed by atoms with van der Waals surface area (Å²) in [6, 6.07) is -3.84. The van der Waals surface area contributed by atoms with Gasteiger partial charge in [0.2, 0.25) is 23.6 Å². The number of unbranched alkanes of at least 4 members (excludes halogenated alkanes) is 14. The fraction of sp³-hybridized carbons (Fsp3) is 0.833. The average Bonchev–Trinajstić information content (AvgIpc) is 3.83. The van der Waals surface area contributed by atoms with Crippen LogP contribution in [0.25, 0.3) is 0 Å². The second-order valence-electron chi connectivity index (χ2n) is 14.0. The Morgan fingerprint density at radius 2 is 1.11 bits per heavy atom. The number of carboxylic acids is 2. The van der Waals surface area contributed by atoms with Gasteiger partial charge in [0, 0.05) is 32.2 Å². The zero-order valence-electron chi connectivity index (χ0n) is 31.7. The van der Waals surface area contributed by atoms with E-state index in [1.807, 2.05) is 0 Å². The third-order valence-electron chi connectivity index (χ3n) is 9.18. The van der Waals surface area contributed by atoms with Gasteiger partial charge in [-0.05, 0) is 38.5 Å². The van der Waals surface area contributed by atoms with Crippen molar-refractivity contribution in [2.75, 3.05) is 12.3 Å². The quantitative estimate of drug-likeness (QED) is 0.0265. The molecule has 0 aromatic heterocycles. The van der Waals surface area contributed by atoms with E-state index in [1.54, 1.807) is 6.92 Å². The maximum absolute atomic E-state index is 13.1. The molecule has 5 atom stereocenters. The highest BCUT2D eigenvalue weighted by molar-refractivity contribution is 7.85. The fourth-order valence-electron chi connectivity index (χ4n) is 5.99. The molecule has 0 spiro atoms. The first kappa shape index (κ1) is 48.7. The predicted molar refractivity (Wildman–Crippen MR) is 199 cm³/mol. The molecule has 8 N–H and O–H groups in total. The van der Waals surface area contributed by atoms with Gasteiger partial charge in [0.25, 0.3) is 10.1 Å².